The lowest BCUT2D eigenvalue weighted by molar-refractivity contribution is 0.573. The quantitative estimate of drug-likeness (QED) is 0.783. The van der Waals surface area contributed by atoms with Crippen LogP contribution in [0.15, 0.2) is 18.3 Å². The number of hydrogen-bond donors (Lipinski definition) is 1. The maximum absolute atomic E-state index is 5.18. The summed E-state index contributed by atoms with van der Waals surface area (Å²) in [6.45, 7) is 2.80. The van der Waals surface area contributed by atoms with Gasteiger partial charge in [0.2, 0.25) is 0 Å². The van der Waals surface area contributed by atoms with E-state index >= 15 is 0 Å². The maximum Gasteiger partial charge on any atom is 0.128 e. The lowest BCUT2D eigenvalue weighted by atomic mass is 10.1. The number of pyridine rings is 1. The third kappa shape index (κ3) is 2.66. The van der Waals surface area contributed by atoms with Crippen molar-refractivity contribution >= 4 is 11.5 Å². The summed E-state index contributed by atoms with van der Waals surface area (Å²) in [5.74, 6) is 3.62. The number of terminal acetylenes is 1. The molecule has 1 aromatic rings. The van der Waals surface area contributed by atoms with Crippen LogP contribution in [0.2, 0.25) is 0 Å². The van der Waals surface area contributed by atoms with Crippen molar-refractivity contribution in [2.75, 3.05) is 29.9 Å². The fourth-order valence-electron chi connectivity index (χ4n) is 1.95. The Hall–Kier alpha value is -1.69. The number of nitrogens with zero attached hydrogens (tertiary/aromatic N) is 2. The standard InChI is InChI=1S/C13H17N3/c1-2-8-14-12-6-7-13(15-11-12)16-9-4-3-5-10-16/h1,6-7,11,14H,3-5,8-10H2. The lowest BCUT2D eigenvalue weighted by Crippen LogP contribution is -2.30. The second-order valence-corrected chi connectivity index (χ2v) is 4.01. The highest BCUT2D eigenvalue weighted by Crippen LogP contribution is 2.18. The molecule has 84 valence electrons. The molecule has 3 heteroatoms. The van der Waals surface area contributed by atoms with E-state index in [0.29, 0.717) is 6.54 Å². The molecule has 0 bridgehead atoms. The molecular formula is C13H17N3. The van der Waals surface area contributed by atoms with Crippen LogP contribution in [-0.2, 0) is 0 Å². The largest absolute Gasteiger partial charge is 0.373 e. The highest BCUT2D eigenvalue weighted by molar-refractivity contribution is 5.49. The van der Waals surface area contributed by atoms with E-state index in [0.717, 1.165) is 24.6 Å². The van der Waals surface area contributed by atoms with Crippen molar-refractivity contribution in [1.82, 2.24) is 4.98 Å². The summed E-state index contributed by atoms with van der Waals surface area (Å²) in [6.07, 6.45) is 10.9. The van der Waals surface area contributed by atoms with Gasteiger partial charge in [0.05, 0.1) is 18.4 Å². The smallest absolute Gasteiger partial charge is 0.128 e. The van der Waals surface area contributed by atoms with Gasteiger partial charge in [-0.3, -0.25) is 0 Å². The van der Waals surface area contributed by atoms with Crippen molar-refractivity contribution in [3.8, 4) is 12.3 Å². The van der Waals surface area contributed by atoms with Crippen molar-refractivity contribution in [3.63, 3.8) is 0 Å². The van der Waals surface area contributed by atoms with Crippen LogP contribution in [0.4, 0.5) is 11.5 Å². The molecule has 0 amide bonds. The van der Waals surface area contributed by atoms with Crippen molar-refractivity contribution in [2.45, 2.75) is 19.3 Å². The molecule has 16 heavy (non-hydrogen) atoms. The zero-order chi connectivity index (χ0) is 11.2. The molecule has 3 nitrogen and oxygen atoms in total. The molecule has 0 spiro atoms. The van der Waals surface area contributed by atoms with Gasteiger partial charge in [-0.2, -0.15) is 0 Å². The summed E-state index contributed by atoms with van der Waals surface area (Å²) in [7, 11) is 0. The molecule has 1 aromatic heterocycles. The normalized spacial score (nSPS) is 15.6. The summed E-state index contributed by atoms with van der Waals surface area (Å²) in [4.78, 5) is 6.79. The van der Waals surface area contributed by atoms with E-state index in [-0.39, 0.29) is 0 Å². The third-order valence-electron chi connectivity index (χ3n) is 2.82. The molecule has 0 saturated carbocycles. The summed E-state index contributed by atoms with van der Waals surface area (Å²) in [6, 6.07) is 4.10. The molecule has 0 aliphatic carbocycles. The van der Waals surface area contributed by atoms with E-state index in [2.05, 4.69) is 27.2 Å². The fourth-order valence-corrected chi connectivity index (χ4v) is 1.95. The van der Waals surface area contributed by atoms with Crippen LogP contribution in [0, 0.1) is 12.3 Å². The summed E-state index contributed by atoms with van der Waals surface area (Å²) < 4.78 is 0. The Morgan fingerprint density at radius 1 is 1.31 bits per heavy atom. The highest BCUT2D eigenvalue weighted by Gasteiger charge is 2.11. The van der Waals surface area contributed by atoms with Gasteiger partial charge in [-0.25, -0.2) is 4.98 Å². The third-order valence-corrected chi connectivity index (χ3v) is 2.82. The van der Waals surface area contributed by atoms with E-state index in [1.54, 1.807) is 0 Å². The highest BCUT2D eigenvalue weighted by atomic mass is 15.2. The van der Waals surface area contributed by atoms with Gasteiger partial charge < -0.3 is 10.2 Å². The number of piperidine rings is 1. The zero-order valence-electron chi connectivity index (χ0n) is 9.45. The number of nitrogens with one attached hydrogen (secondary N) is 1. The van der Waals surface area contributed by atoms with Gasteiger partial charge in [0.15, 0.2) is 0 Å². The molecule has 1 aliphatic rings. The molecule has 1 fully saturated rings. The molecule has 0 unspecified atom stereocenters. The van der Waals surface area contributed by atoms with Crippen molar-refractivity contribution < 1.29 is 0 Å². The first-order valence-corrected chi connectivity index (χ1v) is 5.78. The molecule has 1 N–H and O–H groups in total. The molecular weight excluding hydrogens is 198 g/mol. The first kappa shape index (κ1) is 10.8. The van der Waals surface area contributed by atoms with Crippen LogP contribution in [0.3, 0.4) is 0 Å². The van der Waals surface area contributed by atoms with Gasteiger partial charge >= 0.3 is 0 Å². The Kier molecular flexibility index (Phi) is 3.66. The number of anilines is 2. The van der Waals surface area contributed by atoms with Crippen LogP contribution in [0.5, 0.6) is 0 Å². The molecule has 0 aromatic carbocycles. The van der Waals surface area contributed by atoms with Crippen LogP contribution in [0.25, 0.3) is 0 Å². The summed E-state index contributed by atoms with van der Waals surface area (Å²) in [5.41, 5.74) is 0.985. The Morgan fingerprint density at radius 2 is 2.12 bits per heavy atom. The van der Waals surface area contributed by atoms with E-state index in [1.807, 2.05) is 12.3 Å². The van der Waals surface area contributed by atoms with E-state index < -0.39 is 0 Å². The number of aromatic nitrogens is 1. The van der Waals surface area contributed by atoms with Crippen LogP contribution >= 0.6 is 0 Å². The predicted molar refractivity (Wildman–Crippen MR) is 67.6 cm³/mol. The summed E-state index contributed by atoms with van der Waals surface area (Å²) in [5, 5.41) is 3.11. The minimum Gasteiger partial charge on any atom is -0.373 e. The molecule has 0 atom stereocenters. The maximum atomic E-state index is 5.18. The van der Waals surface area contributed by atoms with Gasteiger partial charge in [-0.15, -0.1) is 6.42 Å². The second kappa shape index (κ2) is 5.41. The van der Waals surface area contributed by atoms with E-state index in [4.69, 9.17) is 6.42 Å². The van der Waals surface area contributed by atoms with Crippen molar-refractivity contribution in [3.05, 3.63) is 18.3 Å². The Balaban J connectivity index is 1.98. The molecule has 1 aliphatic heterocycles. The van der Waals surface area contributed by atoms with Gasteiger partial charge in [0, 0.05) is 13.1 Å². The average Bonchev–Trinajstić information content (AvgIpc) is 2.38. The number of hydrogen-bond acceptors (Lipinski definition) is 3. The minimum atomic E-state index is 0.546. The van der Waals surface area contributed by atoms with Crippen LogP contribution < -0.4 is 10.2 Å². The zero-order valence-corrected chi connectivity index (χ0v) is 9.45. The van der Waals surface area contributed by atoms with E-state index in [1.165, 1.54) is 19.3 Å². The monoisotopic (exact) mass is 215 g/mol. The predicted octanol–water partition coefficient (Wildman–Crippen LogP) is 2.12. The second-order valence-electron chi connectivity index (χ2n) is 4.01. The Bertz CT molecular complexity index is 358. The van der Waals surface area contributed by atoms with Gasteiger partial charge in [-0.05, 0) is 31.4 Å². The molecule has 0 radical (unpaired) electrons. The van der Waals surface area contributed by atoms with Crippen molar-refractivity contribution in [1.29, 1.82) is 0 Å². The average molecular weight is 215 g/mol. The van der Waals surface area contributed by atoms with Crippen molar-refractivity contribution in [2.24, 2.45) is 0 Å². The molecule has 2 heterocycles. The topological polar surface area (TPSA) is 28.2 Å². The summed E-state index contributed by atoms with van der Waals surface area (Å²) >= 11 is 0. The van der Waals surface area contributed by atoms with Gasteiger partial charge in [-0.1, -0.05) is 5.92 Å². The fraction of sp³-hybridized carbons (Fsp3) is 0.462. The minimum absolute atomic E-state index is 0.546. The number of rotatable bonds is 3. The first-order valence-electron chi connectivity index (χ1n) is 5.78. The van der Waals surface area contributed by atoms with Gasteiger partial charge in [0.1, 0.15) is 5.82 Å². The molecule has 1 saturated heterocycles. The van der Waals surface area contributed by atoms with Crippen LogP contribution in [0.1, 0.15) is 19.3 Å². The van der Waals surface area contributed by atoms with E-state index in [9.17, 15) is 0 Å². The Morgan fingerprint density at radius 3 is 2.75 bits per heavy atom. The SMILES string of the molecule is C#CCNc1ccc(N2CCCCC2)nc1. The lowest BCUT2D eigenvalue weighted by Gasteiger charge is -2.27. The Labute approximate surface area is 96.9 Å². The first-order chi connectivity index (χ1) is 7.90. The van der Waals surface area contributed by atoms with Gasteiger partial charge in [0.25, 0.3) is 0 Å². The van der Waals surface area contributed by atoms with Crippen LogP contribution in [-0.4, -0.2) is 24.6 Å². The molecule has 2 rings (SSSR count).